The van der Waals surface area contributed by atoms with E-state index in [2.05, 4.69) is 10.6 Å². The molecule has 2 rings (SSSR count). The van der Waals surface area contributed by atoms with Crippen LogP contribution in [0.4, 0.5) is 4.39 Å². The number of carbonyl (C=O) groups is 2. The van der Waals surface area contributed by atoms with Gasteiger partial charge in [0.05, 0.1) is 0 Å². The van der Waals surface area contributed by atoms with E-state index in [1.807, 2.05) is 0 Å². The fraction of sp³-hybridized carbons (Fsp3) is 0.529. The van der Waals surface area contributed by atoms with E-state index in [-0.39, 0.29) is 29.6 Å². The molecule has 5 nitrogen and oxygen atoms in total. The molecule has 0 spiro atoms. The zero-order valence-corrected chi connectivity index (χ0v) is 13.2. The average Bonchev–Trinajstić information content (AvgIpc) is 2.54. The standard InChI is InChI=1S/C17H24FN3O2/c18-14-7-5-12(6-8-14)16(22)20-9-2-10-21-17(23)13-3-1-4-15(19)11-13/h5-8,13,15H,1-4,9-11,19H2,(H,20,22)(H,21,23). The summed E-state index contributed by atoms with van der Waals surface area (Å²) in [4.78, 5) is 23.8. The molecule has 2 atom stereocenters. The minimum absolute atomic E-state index is 0.0209. The van der Waals surface area contributed by atoms with Crippen LogP contribution in [0, 0.1) is 11.7 Å². The minimum Gasteiger partial charge on any atom is -0.356 e. The predicted molar refractivity (Wildman–Crippen MR) is 86.3 cm³/mol. The van der Waals surface area contributed by atoms with Crippen molar-refractivity contribution in [3.05, 3.63) is 35.6 Å². The van der Waals surface area contributed by atoms with Gasteiger partial charge in [0.1, 0.15) is 5.82 Å². The Bertz CT molecular complexity index is 533. The van der Waals surface area contributed by atoms with E-state index in [1.54, 1.807) is 0 Å². The summed E-state index contributed by atoms with van der Waals surface area (Å²) in [6, 6.07) is 5.53. The number of amides is 2. The lowest BCUT2D eigenvalue weighted by atomic mass is 9.85. The second kappa shape index (κ2) is 8.62. The maximum absolute atomic E-state index is 12.8. The summed E-state index contributed by atoms with van der Waals surface area (Å²) < 4.78 is 12.8. The summed E-state index contributed by atoms with van der Waals surface area (Å²) in [5.41, 5.74) is 6.31. The molecule has 126 valence electrons. The van der Waals surface area contributed by atoms with E-state index in [1.165, 1.54) is 24.3 Å². The zero-order chi connectivity index (χ0) is 16.7. The first-order chi connectivity index (χ1) is 11.1. The quantitative estimate of drug-likeness (QED) is 0.696. The molecule has 1 aromatic carbocycles. The first-order valence-electron chi connectivity index (χ1n) is 8.13. The van der Waals surface area contributed by atoms with Gasteiger partial charge in [0.15, 0.2) is 0 Å². The van der Waals surface area contributed by atoms with E-state index in [4.69, 9.17) is 5.73 Å². The molecule has 0 radical (unpaired) electrons. The highest BCUT2D eigenvalue weighted by molar-refractivity contribution is 5.94. The van der Waals surface area contributed by atoms with E-state index >= 15 is 0 Å². The first kappa shape index (κ1) is 17.4. The molecular weight excluding hydrogens is 297 g/mol. The van der Waals surface area contributed by atoms with Crippen LogP contribution in [0.5, 0.6) is 0 Å². The summed E-state index contributed by atoms with van der Waals surface area (Å²) in [7, 11) is 0. The number of hydrogen-bond donors (Lipinski definition) is 3. The van der Waals surface area contributed by atoms with Gasteiger partial charge in [0.25, 0.3) is 5.91 Å². The number of nitrogens with two attached hydrogens (primary N) is 1. The Labute approximate surface area is 135 Å². The Hall–Kier alpha value is -1.95. The fourth-order valence-corrected chi connectivity index (χ4v) is 2.82. The highest BCUT2D eigenvalue weighted by atomic mass is 19.1. The highest BCUT2D eigenvalue weighted by Crippen LogP contribution is 2.22. The lowest BCUT2D eigenvalue weighted by molar-refractivity contribution is -0.126. The van der Waals surface area contributed by atoms with Crippen LogP contribution in [0.3, 0.4) is 0 Å². The van der Waals surface area contributed by atoms with Crippen molar-refractivity contribution in [1.82, 2.24) is 10.6 Å². The summed E-state index contributed by atoms with van der Waals surface area (Å²) in [5, 5.41) is 5.64. The summed E-state index contributed by atoms with van der Waals surface area (Å²) in [6.45, 7) is 0.981. The molecule has 1 fully saturated rings. The number of benzene rings is 1. The van der Waals surface area contributed by atoms with Crippen LogP contribution >= 0.6 is 0 Å². The monoisotopic (exact) mass is 321 g/mol. The second-order valence-electron chi connectivity index (χ2n) is 6.03. The lowest BCUT2D eigenvalue weighted by Crippen LogP contribution is -2.38. The SMILES string of the molecule is NC1CCCC(C(=O)NCCCNC(=O)c2ccc(F)cc2)C1. The van der Waals surface area contributed by atoms with Crippen molar-refractivity contribution >= 4 is 11.8 Å². The lowest BCUT2D eigenvalue weighted by Gasteiger charge is -2.25. The number of hydrogen-bond acceptors (Lipinski definition) is 3. The predicted octanol–water partition coefficient (Wildman–Crippen LogP) is 1.58. The summed E-state index contributed by atoms with van der Waals surface area (Å²) >= 11 is 0. The fourth-order valence-electron chi connectivity index (χ4n) is 2.82. The van der Waals surface area contributed by atoms with Crippen LogP contribution in [0.2, 0.25) is 0 Å². The molecule has 0 aliphatic heterocycles. The van der Waals surface area contributed by atoms with Gasteiger partial charge in [-0.1, -0.05) is 6.42 Å². The summed E-state index contributed by atoms with van der Waals surface area (Å²) in [5.74, 6) is -0.529. The normalized spacial score (nSPS) is 20.8. The van der Waals surface area contributed by atoms with Gasteiger partial charge in [-0.05, 0) is 49.9 Å². The molecule has 1 aliphatic carbocycles. The maximum Gasteiger partial charge on any atom is 0.251 e. The molecular formula is C17H24FN3O2. The van der Waals surface area contributed by atoms with Crippen molar-refractivity contribution in [2.45, 2.75) is 38.1 Å². The van der Waals surface area contributed by atoms with E-state index in [9.17, 15) is 14.0 Å². The smallest absolute Gasteiger partial charge is 0.251 e. The average molecular weight is 321 g/mol. The maximum atomic E-state index is 12.8. The van der Waals surface area contributed by atoms with Crippen molar-refractivity contribution in [1.29, 1.82) is 0 Å². The third kappa shape index (κ3) is 5.63. The second-order valence-corrected chi connectivity index (χ2v) is 6.03. The number of halogens is 1. The molecule has 1 aromatic rings. The highest BCUT2D eigenvalue weighted by Gasteiger charge is 2.24. The number of nitrogens with one attached hydrogen (secondary N) is 2. The van der Waals surface area contributed by atoms with Crippen molar-refractivity contribution in [3.8, 4) is 0 Å². The van der Waals surface area contributed by atoms with Gasteiger partial charge in [-0.3, -0.25) is 9.59 Å². The van der Waals surface area contributed by atoms with Gasteiger partial charge in [0.2, 0.25) is 5.91 Å². The number of rotatable bonds is 6. The molecule has 23 heavy (non-hydrogen) atoms. The van der Waals surface area contributed by atoms with Gasteiger partial charge >= 0.3 is 0 Å². The van der Waals surface area contributed by atoms with Crippen LogP contribution in [-0.4, -0.2) is 30.9 Å². The molecule has 2 unspecified atom stereocenters. The minimum atomic E-state index is -0.369. The van der Waals surface area contributed by atoms with Gasteiger partial charge in [-0.15, -0.1) is 0 Å². The molecule has 1 aliphatic rings. The van der Waals surface area contributed by atoms with Crippen molar-refractivity contribution in [3.63, 3.8) is 0 Å². The van der Waals surface area contributed by atoms with Crippen LogP contribution in [0.25, 0.3) is 0 Å². The van der Waals surface area contributed by atoms with Gasteiger partial charge in [0, 0.05) is 30.6 Å². The van der Waals surface area contributed by atoms with Crippen molar-refractivity contribution in [2.75, 3.05) is 13.1 Å². The Morgan fingerprint density at radius 2 is 1.83 bits per heavy atom. The molecule has 4 N–H and O–H groups in total. The van der Waals surface area contributed by atoms with Gasteiger partial charge in [-0.2, -0.15) is 0 Å². The van der Waals surface area contributed by atoms with Crippen LogP contribution < -0.4 is 16.4 Å². The Balaban J connectivity index is 1.61. The van der Waals surface area contributed by atoms with E-state index in [0.717, 1.165) is 25.7 Å². The molecule has 1 saturated carbocycles. The van der Waals surface area contributed by atoms with Crippen LogP contribution in [0.1, 0.15) is 42.5 Å². The topological polar surface area (TPSA) is 84.2 Å². The largest absolute Gasteiger partial charge is 0.356 e. The molecule has 6 heteroatoms. The number of carbonyl (C=O) groups excluding carboxylic acids is 2. The Kier molecular flexibility index (Phi) is 6.52. The van der Waals surface area contributed by atoms with Crippen molar-refractivity contribution < 1.29 is 14.0 Å². The molecule has 0 saturated heterocycles. The first-order valence-corrected chi connectivity index (χ1v) is 8.13. The van der Waals surface area contributed by atoms with E-state index in [0.29, 0.717) is 25.1 Å². The molecule has 0 heterocycles. The van der Waals surface area contributed by atoms with Crippen LogP contribution in [0.15, 0.2) is 24.3 Å². The molecule has 0 aromatic heterocycles. The zero-order valence-electron chi connectivity index (χ0n) is 13.2. The molecule has 0 bridgehead atoms. The van der Waals surface area contributed by atoms with E-state index < -0.39 is 0 Å². The van der Waals surface area contributed by atoms with Gasteiger partial charge < -0.3 is 16.4 Å². The Morgan fingerprint density at radius 1 is 1.13 bits per heavy atom. The third-order valence-corrected chi connectivity index (χ3v) is 4.13. The third-order valence-electron chi connectivity index (χ3n) is 4.13. The van der Waals surface area contributed by atoms with Gasteiger partial charge in [-0.25, -0.2) is 4.39 Å². The molecule has 2 amide bonds. The Morgan fingerprint density at radius 3 is 2.52 bits per heavy atom. The summed E-state index contributed by atoms with van der Waals surface area (Å²) in [6.07, 6.45) is 4.32. The van der Waals surface area contributed by atoms with Crippen LogP contribution in [-0.2, 0) is 4.79 Å². The van der Waals surface area contributed by atoms with Crippen molar-refractivity contribution in [2.24, 2.45) is 11.7 Å².